The molecular formula is C26H35FN2O3. The first-order valence-corrected chi connectivity index (χ1v) is 11.1. The van der Waals surface area contributed by atoms with Crippen LogP contribution in [0.4, 0.5) is 4.39 Å². The summed E-state index contributed by atoms with van der Waals surface area (Å²) in [7, 11) is 0. The number of carbonyl (C=O) groups is 2. The van der Waals surface area contributed by atoms with E-state index in [-0.39, 0.29) is 36.4 Å². The number of benzene rings is 2. The Kier molecular flexibility index (Phi) is 8.81. The molecule has 0 aromatic heterocycles. The summed E-state index contributed by atoms with van der Waals surface area (Å²) in [5.74, 6) is -0.461. The SMILES string of the molecule is CC[C@H](C)NC(=O)[C@@H](C)N(Cc1ccccc1F)C(=O)COc1ccccc1C(C)(C)C. The van der Waals surface area contributed by atoms with E-state index in [0.717, 1.165) is 12.0 Å². The lowest BCUT2D eigenvalue weighted by molar-refractivity contribution is -0.142. The predicted molar refractivity (Wildman–Crippen MR) is 125 cm³/mol. The molecule has 2 amide bonds. The number of nitrogens with one attached hydrogen (secondary N) is 1. The van der Waals surface area contributed by atoms with Crippen molar-refractivity contribution in [2.24, 2.45) is 0 Å². The van der Waals surface area contributed by atoms with Gasteiger partial charge >= 0.3 is 0 Å². The first-order chi connectivity index (χ1) is 15.0. The third kappa shape index (κ3) is 6.81. The maximum absolute atomic E-state index is 14.3. The van der Waals surface area contributed by atoms with Crippen LogP contribution in [0, 0.1) is 5.82 Å². The van der Waals surface area contributed by atoms with Crippen LogP contribution in [0.5, 0.6) is 5.75 Å². The van der Waals surface area contributed by atoms with E-state index in [9.17, 15) is 14.0 Å². The highest BCUT2D eigenvalue weighted by molar-refractivity contribution is 5.88. The number of halogens is 1. The molecule has 0 fully saturated rings. The normalized spacial score (nSPS) is 13.2. The highest BCUT2D eigenvalue weighted by Crippen LogP contribution is 2.31. The molecule has 0 aliphatic rings. The van der Waals surface area contributed by atoms with Crippen LogP contribution in [-0.4, -0.2) is 35.4 Å². The molecule has 32 heavy (non-hydrogen) atoms. The van der Waals surface area contributed by atoms with E-state index in [4.69, 9.17) is 4.74 Å². The van der Waals surface area contributed by atoms with E-state index in [0.29, 0.717) is 11.3 Å². The largest absolute Gasteiger partial charge is 0.483 e. The van der Waals surface area contributed by atoms with Crippen LogP contribution >= 0.6 is 0 Å². The molecule has 0 aliphatic carbocycles. The molecule has 0 saturated heterocycles. The lowest BCUT2D eigenvalue weighted by atomic mass is 9.86. The Morgan fingerprint density at radius 2 is 1.69 bits per heavy atom. The van der Waals surface area contributed by atoms with Gasteiger partial charge in [0.05, 0.1) is 0 Å². The third-order valence-corrected chi connectivity index (χ3v) is 5.51. The summed E-state index contributed by atoms with van der Waals surface area (Å²) in [6, 6.07) is 13.0. The lowest BCUT2D eigenvalue weighted by Crippen LogP contribution is -2.50. The van der Waals surface area contributed by atoms with Gasteiger partial charge in [-0.2, -0.15) is 0 Å². The van der Waals surface area contributed by atoms with Gasteiger partial charge in [0, 0.05) is 18.2 Å². The fourth-order valence-corrected chi connectivity index (χ4v) is 3.29. The van der Waals surface area contributed by atoms with Crippen molar-refractivity contribution >= 4 is 11.8 Å². The number of hydrogen-bond acceptors (Lipinski definition) is 3. The Labute approximate surface area is 191 Å². The molecule has 0 radical (unpaired) electrons. The summed E-state index contributed by atoms with van der Waals surface area (Å²) in [4.78, 5) is 27.3. The Bertz CT molecular complexity index is 923. The predicted octanol–water partition coefficient (Wildman–Crippen LogP) is 4.83. The van der Waals surface area contributed by atoms with Crippen molar-refractivity contribution in [3.05, 3.63) is 65.5 Å². The third-order valence-electron chi connectivity index (χ3n) is 5.51. The number of carbonyl (C=O) groups excluding carboxylic acids is 2. The van der Waals surface area contributed by atoms with Crippen LogP contribution < -0.4 is 10.1 Å². The highest BCUT2D eigenvalue weighted by atomic mass is 19.1. The van der Waals surface area contributed by atoms with Crippen LogP contribution in [0.15, 0.2) is 48.5 Å². The molecule has 1 N–H and O–H groups in total. The van der Waals surface area contributed by atoms with Crippen molar-refractivity contribution in [3.63, 3.8) is 0 Å². The van der Waals surface area contributed by atoms with E-state index in [2.05, 4.69) is 26.1 Å². The molecule has 2 aromatic rings. The lowest BCUT2D eigenvalue weighted by Gasteiger charge is -2.30. The maximum Gasteiger partial charge on any atom is 0.261 e. The van der Waals surface area contributed by atoms with Crippen LogP contribution in [0.2, 0.25) is 0 Å². The summed E-state index contributed by atoms with van der Waals surface area (Å²) in [6.07, 6.45) is 0.770. The second-order valence-electron chi connectivity index (χ2n) is 9.14. The van der Waals surface area contributed by atoms with Gasteiger partial charge in [0.15, 0.2) is 6.61 Å². The Morgan fingerprint density at radius 1 is 1.06 bits per heavy atom. The van der Waals surface area contributed by atoms with E-state index in [1.165, 1.54) is 11.0 Å². The first-order valence-electron chi connectivity index (χ1n) is 11.1. The van der Waals surface area contributed by atoms with Gasteiger partial charge in [0.2, 0.25) is 5.91 Å². The second kappa shape index (κ2) is 11.1. The molecule has 2 rings (SSSR count). The highest BCUT2D eigenvalue weighted by Gasteiger charge is 2.28. The van der Waals surface area contributed by atoms with Crippen molar-refractivity contribution in [2.75, 3.05) is 6.61 Å². The van der Waals surface area contributed by atoms with Gasteiger partial charge in [0.25, 0.3) is 5.91 Å². The number of para-hydroxylation sites is 1. The van der Waals surface area contributed by atoms with Crippen LogP contribution in [0.1, 0.15) is 59.1 Å². The Balaban J connectivity index is 2.24. The molecule has 0 unspecified atom stereocenters. The summed E-state index contributed by atoms with van der Waals surface area (Å²) in [5, 5.41) is 2.90. The standard InChI is InChI=1S/C26H35FN2O3/c1-7-18(2)28-25(31)19(3)29(16-20-12-8-10-14-22(20)27)24(30)17-32-23-15-11-9-13-21(23)26(4,5)6/h8-15,18-19H,7,16-17H2,1-6H3,(H,28,31)/t18-,19+/m0/s1. The van der Waals surface area contributed by atoms with Gasteiger partial charge in [0.1, 0.15) is 17.6 Å². The van der Waals surface area contributed by atoms with Crippen molar-refractivity contribution in [1.82, 2.24) is 10.2 Å². The van der Waals surface area contributed by atoms with E-state index >= 15 is 0 Å². The first kappa shape index (κ1) is 25.4. The van der Waals surface area contributed by atoms with Gasteiger partial charge in [-0.05, 0) is 43.4 Å². The van der Waals surface area contributed by atoms with Crippen LogP contribution in [0.3, 0.4) is 0 Å². The van der Waals surface area contributed by atoms with E-state index in [1.54, 1.807) is 25.1 Å². The fourth-order valence-electron chi connectivity index (χ4n) is 3.29. The molecule has 5 nitrogen and oxygen atoms in total. The molecular weight excluding hydrogens is 407 g/mol. The molecule has 2 aromatic carbocycles. The van der Waals surface area contributed by atoms with E-state index in [1.807, 2.05) is 38.1 Å². The minimum atomic E-state index is -0.780. The smallest absolute Gasteiger partial charge is 0.261 e. The van der Waals surface area contributed by atoms with Crippen LogP contribution in [0.25, 0.3) is 0 Å². The average molecular weight is 443 g/mol. The van der Waals surface area contributed by atoms with Crippen molar-refractivity contribution < 1.29 is 18.7 Å². The molecule has 0 bridgehead atoms. The van der Waals surface area contributed by atoms with Crippen LogP contribution in [-0.2, 0) is 21.5 Å². The number of amides is 2. The summed E-state index contributed by atoms with van der Waals surface area (Å²) in [6.45, 7) is 11.5. The topological polar surface area (TPSA) is 58.6 Å². The molecule has 0 saturated carbocycles. The molecule has 0 spiro atoms. The zero-order chi connectivity index (χ0) is 23.9. The molecule has 174 valence electrons. The van der Waals surface area contributed by atoms with E-state index < -0.39 is 11.9 Å². The molecule has 6 heteroatoms. The van der Waals surface area contributed by atoms with Gasteiger partial charge in [-0.15, -0.1) is 0 Å². The van der Waals surface area contributed by atoms with Crippen molar-refractivity contribution in [1.29, 1.82) is 0 Å². The number of ether oxygens (including phenoxy) is 1. The van der Waals surface area contributed by atoms with Crippen molar-refractivity contribution in [2.45, 2.75) is 72.0 Å². The molecule has 2 atom stereocenters. The summed E-state index contributed by atoms with van der Waals surface area (Å²) in [5.41, 5.74) is 1.17. The second-order valence-corrected chi connectivity index (χ2v) is 9.14. The zero-order valence-electron chi connectivity index (χ0n) is 19.9. The maximum atomic E-state index is 14.3. The monoisotopic (exact) mass is 442 g/mol. The number of nitrogens with zero attached hydrogens (tertiary/aromatic N) is 1. The average Bonchev–Trinajstić information content (AvgIpc) is 2.75. The fraction of sp³-hybridized carbons (Fsp3) is 0.462. The van der Waals surface area contributed by atoms with Gasteiger partial charge in [-0.3, -0.25) is 9.59 Å². The number of rotatable bonds is 9. The van der Waals surface area contributed by atoms with Gasteiger partial charge < -0.3 is 15.0 Å². The minimum absolute atomic E-state index is 0.0229. The Hall–Kier alpha value is -2.89. The Morgan fingerprint density at radius 3 is 2.31 bits per heavy atom. The molecule has 0 heterocycles. The number of hydrogen-bond donors (Lipinski definition) is 1. The molecule has 0 aliphatic heterocycles. The quantitative estimate of drug-likeness (QED) is 0.605. The summed E-state index contributed by atoms with van der Waals surface area (Å²) < 4.78 is 20.2. The van der Waals surface area contributed by atoms with Gasteiger partial charge in [-0.25, -0.2) is 4.39 Å². The minimum Gasteiger partial charge on any atom is -0.483 e. The van der Waals surface area contributed by atoms with Gasteiger partial charge in [-0.1, -0.05) is 64.1 Å². The zero-order valence-corrected chi connectivity index (χ0v) is 19.9. The van der Waals surface area contributed by atoms with Crippen molar-refractivity contribution in [3.8, 4) is 5.75 Å². The summed E-state index contributed by atoms with van der Waals surface area (Å²) >= 11 is 0.